The Hall–Kier alpha value is -0.980. The number of carbonyl (C=O) groups is 1. The van der Waals surface area contributed by atoms with Gasteiger partial charge in [0.15, 0.2) is 0 Å². The summed E-state index contributed by atoms with van der Waals surface area (Å²) in [4.78, 5) is 18.1. The molecule has 90 valence electrons. The number of hydrogen-bond donors (Lipinski definition) is 2. The van der Waals surface area contributed by atoms with Gasteiger partial charge in [-0.2, -0.15) is 0 Å². The highest BCUT2D eigenvalue weighted by Crippen LogP contribution is 2.24. The summed E-state index contributed by atoms with van der Waals surface area (Å²) in [6, 6.07) is 0. The molecule has 1 rings (SSSR count). The minimum absolute atomic E-state index is 0.0470. The van der Waals surface area contributed by atoms with Crippen molar-refractivity contribution < 1.29 is 9.90 Å². The van der Waals surface area contributed by atoms with E-state index in [1.807, 2.05) is 19.0 Å². The summed E-state index contributed by atoms with van der Waals surface area (Å²) in [5.74, 6) is -1.00. The van der Waals surface area contributed by atoms with Crippen LogP contribution in [0.2, 0.25) is 0 Å². The van der Waals surface area contributed by atoms with E-state index in [2.05, 4.69) is 4.98 Å². The Morgan fingerprint density at radius 3 is 2.88 bits per heavy atom. The lowest BCUT2D eigenvalue weighted by molar-refractivity contribution is -0.137. The van der Waals surface area contributed by atoms with E-state index in [1.165, 1.54) is 11.3 Å². The van der Waals surface area contributed by atoms with E-state index in [1.54, 1.807) is 6.20 Å². The fourth-order valence-corrected chi connectivity index (χ4v) is 2.53. The first-order valence-electron chi connectivity index (χ1n) is 5.04. The van der Waals surface area contributed by atoms with Crippen molar-refractivity contribution in [1.29, 1.82) is 0 Å². The summed E-state index contributed by atoms with van der Waals surface area (Å²) >= 11 is 1.54. The quantitative estimate of drug-likeness (QED) is 0.769. The standard InChI is InChI=1S/C10H17N3O2S/c1-13(2)6-8-5-12-10(16-8)7(4-11)3-9(14)15/h5,7H,3-4,6,11H2,1-2H3,(H,14,15). The van der Waals surface area contributed by atoms with Crippen molar-refractivity contribution in [2.75, 3.05) is 20.6 Å². The molecule has 0 aromatic carbocycles. The smallest absolute Gasteiger partial charge is 0.304 e. The van der Waals surface area contributed by atoms with Crippen LogP contribution in [0, 0.1) is 0 Å². The molecule has 3 N–H and O–H groups in total. The van der Waals surface area contributed by atoms with Gasteiger partial charge in [-0.15, -0.1) is 11.3 Å². The summed E-state index contributed by atoms with van der Waals surface area (Å²) in [5.41, 5.74) is 5.56. The Labute approximate surface area is 98.9 Å². The minimum atomic E-state index is -0.834. The molecular formula is C10H17N3O2S. The summed E-state index contributed by atoms with van der Waals surface area (Å²) in [6.07, 6.45) is 1.84. The predicted octanol–water partition coefficient (Wildman–Crippen LogP) is 0.722. The number of carboxylic acid groups (broad SMARTS) is 1. The first-order chi connectivity index (χ1) is 7.52. The molecule has 0 saturated carbocycles. The van der Waals surface area contributed by atoms with E-state index >= 15 is 0 Å². The highest BCUT2D eigenvalue weighted by atomic mass is 32.1. The average molecular weight is 243 g/mol. The molecular weight excluding hydrogens is 226 g/mol. The Kier molecular flexibility index (Phi) is 4.85. The molecule has 0 spiro atoms. The lowest BCUT2D eigenvalue weighted by atomic mass is 10.1. The molecule has 0 saturated heterocycles. The van der Waals surface area contributed by atoms with Gasteiger partial charge >= 0.3 is 5.97 Å². The number of aliphatic carboxylic acids is 1. The van der Waals surface area contributed by atoms with Crippen LogP contribution in [0.3, 0.4) is 0 Å². The predicted molar refractivity (Wildman–Crippen MR) is 63.6 cm³/mol. The van der Waals surface area contributed by atoms with Gasteiger partial charge in [-0.3, -0.25) is 4.79 Å². The molecule has 0 aliphatic carbocycles. The fourth-order valence-electron chi connectivity index (χ4n) is 1.38. The number of carboxylic acids is 1. The van der Waals surface area contributed by atoms with Gasteiger partial charge in [-0.05, 0) is 14.1 Å². The molecule has 6 heteroatoms. The maximum absolute atomic E-state index is 10.6. The summed E-state index contributed by atoms with van der Waals surface area (Å²) < 4.78 is 0. The van der Waals surface area contributed by atoms with Crippen LogP contribution < -0.4 is 5.73 Å². The zero-order valence-corrected chi connectivity index (χ0v) is 10.3. The molecule has 0 fully saturated rings. The van der Waals surface area contributed by atoms with Crippen molar-refractivity contribution in [3.8, 4) is 0 Å². The lowest BCUT2D eigenvalue weighted by Crippen LogP contribution is -2.16. The van der Waals surface area contributed by atoms with Crippen molar-refractivity contribution in [1.82, 2.24) is 9.88 Å². The Morgan fingerprint density at radius 2 is 2.38 bits per heavy atom. The van der Waals surface area contributed by atoms with Gasteiger partial charge in [-0.1, -0.05) is 0 Å². The van der Waals surface area contributed by atoms with Crippen molar-refractivity contribution in [2.24, 2.45) is 5.73 Å². The van der Waals surface area contributed by atoms with E-state index in [9.17, 15) is 4.79 Å². The van der Waals surface area contributed by atoms with E-state index in [4.69, 9.17) is 10.8 Å². The van der Waals surface area contributed by atoms with Crippen LogP contribution in [-0.2, 0) is 11.3 Å². The molecule has 0 amide bonds. The highest BCUT2D eigenvalue weighted by Gasteiger charge is 2.17. The first kappa shape index (κ1) is 13.1. The molecule has 0 aliphatic heterocycles. The number of aromatic nitrogens is 1. The van der Waals surface area contributed by atoms with E-state index in [-0.39, 0.29) is 12.3 Å². The van der Waals surface area contributed by atoms with Crippen molar-refractivity contribution >= 4 is 17.3 Å². The molecule has 0 aliphatic rings. The van der Waals surface area contributed by atoms with Crippen LogP contribution in [-0.4, -0.2) is 41.6 Å². The van der Waals surface area contributed by atoms with Crippen LogP contribution in [0.25, 0.3) is 0 Å². The normalized spacial score (nSPS) is 13.0. The van der Waals surface area contributed by atoms with Crippen LogP contribution >= 0.6 is 11.3 Å². The highest BCUT2D eigenvalue weighted by molar-refractivity contribution is 7.11. The third-order valence-corrected chi connectivity index (χ3v) is 3.24. The van der Waals surface area contributed by atoms with E-state index in [0.717, 1.165) is 16.4 Å². The summed E-state index contributed by atoms with van der Waals surface area (Å²) in [7, 11) is 3.97. The van der Waals surface area contributed by atoms with Crippen LogP contribution in [0.1, 0.15) is 22.2 Å². The van der Waals surface area contributed by atoms with Gasteiger partial charge in [0, 0.05) is 30.1 Å². The molecule has 1 heterocycles. The maximum atomic E-state index is 10.6. The topological polar surface area (TPSA) is 79.5 Å². The largest absolute Gasteiger partial charge is 0.481 e. The second-order valence-electron chi connectivity index (χ2n) is 3.93. The van der Waals surface area contributed by atoms with Gasteiger partial charge in [0.2, 0.25) is 0 Å². The Balaban J connectivity index is 2.70. The Bertz CT molecular complexity index is 352. The maximum Gasteiger partial charge on any atom is 0.304 e. The third kappa shape index (κ3) is 3.88. The molecule has 0 radical (unpaired) electrons. The summed E-state index contributed by atoms with van der Waals surface area (Å²) in [5, 5.41) is 9.56. The zero-order chi connectivity index (χ0) is 12.1. The van der Waals surface area contributed by atoms with Gasteiger partial charge < -0.3 is 15.7 Å². The van der Waals surface area contributed by atoms with Gasteiger partial charge in [-0.25, -0.2) is 4.98 Å². The molecule has 5 nitrogen and oxygen atoms in total. The van der Waals surface area contributed by atoms with E-state index in [0.29, 0.717) is 6.54 Å². The molecule has 1 aromatic rings. The fraction of sp³-hybridized carbons (Fsp3) is 0.600. The number of nitrogens with two attached hydrogens (primary N) is 1. The van der Waals surface area contributed by atoms with Gasteiger partial charge in [0.25, 0.3) is 0 Å². The average Bonchev–Trinajstić information content (AvgIpc) is 2.61. The second-order valence-corrected chi connectivity index (χ2v) is 5.08. The molecule has 1 atom stereocenters. The SMILES string of the molecule is CN(C)Cc1cnc(C(CN)CC(=O)O)s1. The monoisotopic (exact) mass is 243 g/mol. The number of rotatable bonds is 6. The molecule has 1 unspecified atom stereocenters. The van der Waals surface area contributed by atoms with Crippen molar-refractivity contribution in [2.45, 2.75) is 18.9 Å². The van der Waals surface area contributed by atoms with Crippen LogP contribution in [0.5, 0.6) is 0 Å². The van der Waals surface area contributed by atoms with Gasteiger partial charge in [0.05, 0.1) is 11.4 Å². The number of thiazole rings is 1. The van der Waals surface area contributed by atoms with Crippen LogP contribution in [0.4, 0.5) is 0 Å². The molecule has 16 heavy (non-hydrogen) atoms. The van der Waals surface area contributed by atoms with Gasteiger partial charge in [0.1, 0.15) is 0 Å². The third-order valence-electron chi connectivity index (χ3n) is 2.10. The number of nitrogens with zero attached hydrogens (tertiary/aromatic N) is 2. The second kappa shape index (κ2) is 5.93. The molecule has 1 aromatic heterocycles. The first-order valence-corrected chi connectivity index (χ1v) is 5.85. The van der Waals surface area contributed by atoms with E-state index < -0.39 is 5.97 Å². The minimum Gasteiger partial charge on any atom is -0.481 e. The Morgan fingerprint density at radius 1 is 1.69 bits per heavy atom. The molecule has 0 bridgehead atoms. The lowest BCUT2D eigenvalue weighted by Gasteiger charge is -2.08. The van der Waals surface area contributed by atoms with Crippen LogP contribution in [0.15, 0.2) is 6.20 Å². The zero-order valence-electron chi connectivity index (χ0n) is 9.51. The van der Waals surface area contributed by atoms with Crippen molar-refractivity contribution in [3.63, 3.8) is 0 Å². The summed E-state index contributed by atoms with van der Waals surface area (Å²) in [6.45, 7) is 1.14. The van der Waals surface area contributed by atoms with Crippen molar-refractivity contribution in [3.05, 3.63) is 16.1 Å². The number of hydrogen-bond acceptors (Lipinski definition) is 5.